The van der Waals surface area contributed by atoms with Crippen LogP contribution in [0.25, 0.3) is 0 Å². The molecule has 0 N–H and O–H groups in total. The zero-order valence-corrected chi connectivity index (χ0v) is 13.3. The summed E-state index contributed by atoms with van der Waals surface area (Å²) in [5.41, 5.74) is 2.56. The maximum atomic E-state index is 2.40. The molecule has 108 valence electrons. The van der Waals surface area contributed by atoms with Crippen molar-refractivity contribution in [1.29, 1.82) is 0 Å². The number of nitrogens with zero attached hydrogens (tertiary/aromatic N) is 2. The second kappa shape index (κ2) is 7.91. The molecule has 0 amide bonds. The molecule has 0 aliphatic heterocycles. The fourth-order valence-corrected chi connectivity index (χ4v) is 2.33. The minimum atomic E-state index is 0. The van der Waals surface area contributed by atoms with Gasteiger partial charge in [-0.1, -0.05) is 25.1 Å². The van der Waals surface area contributed by atoms with Crippen LogP contribution in [0.1, 0.15) is 25.8 Å². The van der Waals surface area contributed by atoms with E-state index in [4.69, 9.17) is 0 Å². The predicted octanol–water partition coefficient (Wildman–Crippen LogP) is 0.855. The molecule has 2 aromatic rings. The van der Waals surface area contributed by atoms with Gasteiger partial charge in [-0.15, -0.1) is 0 Å². The molecule has 0 bridgehead atoms. The van der Waals surface area contributed by atoms with Crippen LogP contribution >= 0.6 is 0 Å². The van der Waals surface area contributed by atoms with Crippen molar-refractivity contribution in [2.24, 2.45) is 0 Å². The van der Waals surface area contributed by atoms with Gasteiger partial charge in [-0.25, -0.2) is 9.47 Å². The number of benzene rings is 1. The molecule has 0 spiro atoms. The minimum absolute atomic E-state index is 0. The second-order valence-corrected chi connectivity index (χ2v) is 4.84. The average molecular weight is 291 g/mol. The Morgan fingerprint density at radius 1 is 1.05 bits per heavy atom. The Hall–Kier alpha value is -1.54. The van der Waals surface area contributed by atoms with Gasteiger partial charge in [0.2, 0.25) is 0 Å². The molecule has 20 heavy (non-hydrogen) atoms. The summed E-state index contributed by atoms with van der Waals surface area (Å²) in [5, 5.41) is 0. The highest BCUT2D eigenvalue weighted by molar-refractivity contribution is 5.58. The Balaban J connectivity index is 0.00000200. The summed E-state index contributed by atoms with van der Waals surface area (Å²) < 4.78 is 2.30. The Morgan fingerprint density at radius 3 is 2.35 bits per heavy atom. The van der Waals surface area contributed by atoms with Gasteiger partial charge in [0, 0.05) is 6.07 Å². The molecule has 1 aromatic heterocycles. The Morgan fingerprint density at radius 2 is 1.75 bits per heavy atom. The fourth-order valence-electron chi connectivity index (χ4n) is 2.33. The van der Waals surface area contributed by atoms with Gasteiger partial charge < -0.3 is 12.4 Å². The highest BCUT2D eigenvalue weighted by atomic mass is 35.5. The van der Waals surface area contributed by atoms with E-state index in [2.05, 4.69) is 78.9 Å². The minimum Gasteiger partial charge on any atom is -1.00 e. The average Bonchev–Trinajstić information content (AvgIpc) is 2.45. The third-order valence-corrected chi connectivity index (χ3v) is 3.30. The van der Waals surface area contributed by atoms with Crippen LogP contribution in [0.5, 0.6) is 0 Å². The lowest BCUT2D eigenvalue weighted by molar-refractivity contribution is -0.681. The molecule has 2 rings (SSSR count). The van der Waals surface area contributed by atoms with Crippen molar-refractivity contribution in [2.75, 3.05) is 11.4 Å². The molecule has 0 aliphatic carbocycles. The molecule has 2 nitrogen and oxygen atoms in total. The van der Waals surface area contributed by atoms with Crippen molar-refractivity contribution >= 4 is 11.5 Å². The third-order valence-electron chi connectivity index (χ3n) is 3.30. The van der Waals surface area contributed by atoms with Crippen LogP contribution in [0, 0.1) is 6.92 Å². The van der Waals surface area contributed by atoms with Gasteiger partial charge in [0.15, 0.2) is 0 Å². The molecular formula is C17H23ClN2. The van der Waals surface area contributed by atoms with Gasteiger partial charge in [-0.3, -0.25) is 0 Å². The summed E-state index contributed by atoms with van der Waals surface area (Å²) in [4.78, 5) is 2.40. The number of para-hydroxylation sites is 1. The van der Waals surface area contributed by atoms with Crippen LogP contribution in [-0.2, 0) is 6.54 Å². The zero-order chi connectivity index (χ0) is 13.7. The van der Waals surface area contributed by atoms with Gasteiger partial charge in [0.25, 0.3) is 5.82 Å². The molecule has 0 saturated carbocycles. The van der Waals surface area contributed by atoms with Crippen molar-refractivity contribution in [3.05, 3.63) is 54.2 Å². The van der Waals surface area contributed by atoms with E-state index in [0.29, 0.717) is 0 Å². The van der Waals surface area contributed by atoms with Crippen LogP contribution in [0.3, 0.4) is 0 Å². The highest BCUT2D eigenvalue weighted by Crippen LogP contribution is 2.23. The van der Waals surface area contributed by atoms with E-state index in [0.717, 1.165) is 19.5 Å². The van der Waals surface area contributed by atoms with Crippen molar-refractivity contribution in [3.8, 4) is 0 Å². The fraction of sp³-hybridized carbons (Fsp3) is 0.353. The lowest BCUT2D eigenvalue weighted by Gasteiger charge is -2.19. The van der Waals surface area contributed by atoms with Gasteiger partial charge in [0.1, 0.15) is 5.69 Å². The van der Waals surface area contributed by atoms with Gasteiger partial charge >= 0.3 is 0 Å². The van der Waals surface area contributed by atoms with E-state index in [9.17, 15) is 0 Å². The normalized spacial score (nSPS) is 9.95. The number of halogens is 1. The topological polar surface area (TPSA) is 7.12 Å². The van der Waals surface area contributed by atoms with Crippen LogP contribution in [0.2, 0.25) is 0 Å². The van der Waals surface area contributed by atoms with E-state index in [1.165, 1.54) is 17.1 Å². The molecule has 0 aliphatic rings. The first-order valence-corrected chi connectivity index (χ1v) is 7.09. The summed E-state index contributed by atoms with van der Waals surface area (Å²) in [6.45, 7) is 8.59. The molecule has 0 unspecified atom stereocenters. The van der Waals surface area contributed by atoms with Gasteiger partial charge in [-0.2, -0.15) is 0 Å². The predicted molar refractivity (Wildman–Crippen MR) is 80.8 cm³/mol. The third kappa shape index (κ3) is 3.73. The van der Waals surface area contributed by atoms with Crippen LogP contribution in [-0.4, -0.2) is 6.54 Å². The van der Waals surface area contributed by atoms with E-state index >= 15 is 0 Å². The molecule has 0 saturated heterocycles. The molecule has 0 atom stereocenters. The Bertz CT molecular complexity index is 526. The smallest absolute Gasteiger partial charge is 0.281 e. The second-order valence-electron chi connectivity index (χ2n) is 4.84. The van der Waals surface area contributed by atoms with Crippen molar-refractivity contribution < 1.29 is 17.0 Å². The Labute approximate surface area is 128 Å². The van der Waals surface area contributed by atoms with Crippen molar-refractivity contribution in [2.45, 2.75) is 33.7 Å². The van der Waals surface area contributed by atoms with Crippen LogP contribution in [0.15, 0.2) is 48.7 Å². The van der Waals surface area contributed by atoms with Crippen LogP contribution in [0.4, 0.5) is 11.5 Å². The highest BCUT2D eigenvalue weighted by Gasteiger charge is 2.20. The first-order valence-electron chi connectivity index (χ1n) is 7.09. The van der Waals surface area contributed by atoms with Crippen molar-refractivity contribution in [3.63, 3.8) is 0 Å². The number of hydrogen-bond acceptors (Lipinski definition) is 1. The summed E-state index contributed by atoms with van der Waals surface area (Å²) in [5.74, 6) is 1.27. The van der Waals surface area contributed by atoms with Crippen molar-refractivity contribution in [1.82, 2.24) is 0 Å². The first-order chi connectivity index (χ1) is 9.26. The maximum Gasteiger partial charge on any atom is 0.281 e. The summed E-state index contributed by atoms with van der Waals surface area (Å²) >= 11 is 0. The monoisotopic (exact) mass is 290 g/mol. The molecule has 0 fully saturated rings. The molecule has 3 heteroatoms. The number of aromatic nitrogens is 1. The van der Waals surface area contributed by atoms with E-state index < -0.39 is 0 Å². The molecular weight excluding hydrogens is 268 g/mol. The summed E-state index contributed by atoms with van der Waals surface area (Å²) in [7, 11) is 0. The van der Waals surface area contributed by atoms with E-state index in [-0.39, 0.29) is 12.4 Å². The molecule has 0 radical (unpaired) electrons. The number of anilines is 2. The van der Waals surface area contributed by atoms with E-state index in [1.54, 1.807) is 0 Å². The largest absolute Gasteiger partial charge is 1.00 e. The number of pyridine rings is 1. The Kier molecular flexibility index (Phi) is 6.53. The summed E-state index contributed by atoms with van der Waals surface area (Å²) in [6.07, 6.45) is 3.31. The summed E-state index contributed by atoms with van der Waals surface area (Å²) in [6, 6.07) is 15.1. The zero-order valence-electron chi connectivity index (χ0n) is 12.5. The van der Waals surface area contributed by atoms with Gasteiger partial charge in [0.05, 0.1) is 19.3 Å². The first kappa shape index (κ1) is 16.5. The van der Waals surface area contributed by atoms with Crippen LogP contribution < -0.4 is 21.9 Å². The molecule has 1 aromatic carbocycles. The maximum absolute atomic E-state index is 2.40. The quantitative estimate of drug-likeness (QED) is 0.741. The standard InChI is InChI=1S/C17H23N2.ClH/c1-4-12-19(16-9-7-6-8-10-16)17-14-15(3)11-13-18(17)5-2;/h6-11,13-14H,4-5,12H2,1-3H3;1H/q+1;/p-1. The lowest BCUT2D eigenvalue weighted by Crippen LogP contribution is -3.00. The lowest BCUT2D eigenvalue weighted by atomic mass is 10.2. The van der Waals surface area contributed by atoms with Gasteiger partial charge in [-0.05, 0) is 44.0 Å². The SMILES string of the molecule is CCCN(c1ccccc1)c1cc(C)cc[n+]1CC.[Cl-]. The number of hydrogen-bond donors (Lipinski definition) is 0. The van der Waals surface area contributed by atoms with E-state index in [1.807, 2.05) is 0 Å². The molecule has 1 heterocycles. The number of rotatable bonds is 5. The number of aryl methyl sites for hydroxylation is 2.